The fourth-order valence-corrected chi connectivity index (χ4v) is 5.75. The van der Waals surface area contributed by atoms with Crippen LogP contribution in [0.2, 0.25) is 0 Å². The van der Waals surface area contributed by atoms with E-state index in [4.69, 9.17) is 11.1 Å². The summed E-state index contributed by atoms with van der Waals surface area (Å²) >= 11 is 0. The number of hydrogen-bond donors (Lipinski definition) is 3. The second-order valence-corrected chi connectivity index (χ2v) is 10.7. The van der Waals surface area contributed by atoms with Crippen LogP contribution < -0.4 is 5.73 Å². The third-order valence-electron chi connectivity index (χ3n) is 6.49. The number of piperazine rings is 1. The van der Waals surface area contributed by atoms with Gasteiger partial charge in [-0.05, 0) is 28.8 Å². The number of carbonyl (C=O) groups is 2. The molecule has 10 heteroatoms. The molecule has 1 aliphatic rings. The summed E-state index contributed by atoms with van der Waals surface area (Å²) in [5.74, 6) is -2.68. The van der Waals surface area contributed by atoms with Gasteiger partial charge in [0.25, 0.3) is 0 Å². The van der Waals surface area contributed by atoms with E-state index in [-0.39, 0.29) is 49.2 Å². The van der Waals surface area contributed by atoms with Crippen LogP contribution in [-0.4, -0.2) is 66.6 Å². The SMILES string of the molecule is N=C(N)c1ccc(C(CC(=O)N2CCN(S(=O)(=O)c3ccc(-c4ccccc4)cc3)CC2)C(=O)O)cc1. The second-order valence-electron chi connectivity index (χ2n) is 8.81. The van der Waals surface area contributed by atoms with Crippen molar-refractivity contribution >= 4 is 27.7 Å². The first-order valence-corrected chi connectivity index (χ1v) is 13.2. The molecule has 0 bridgehead atoms. The lowest BCUT2D eigenvalue weighted by Crippen LogP contribution is -2.50. The predicted octanol–water partition coefficient (Wildman–Crippen LogP) is 2.73. The molecule has 1 saturated heterocycles. The Bertz CT molecular complexity index is 1380. The van der Waals surface area contributed by atoms with E-state index in [1.54, 1.807) is 48.5 Å². The van der Waals surface area contributed by atoms with Crippen molar-refractivity contribution in [2.45, 2.75) is 17.2 Å². The molecule has 9 nitrogen and oxygen atoms in total. The molecule has 4 N–H and O–H groups in total. The molecule has 0 saturated carbocycles. The third kappa shape index (κ3) is 5.87. The molecule has 1 amide bonds. The molecular weight excluding hydrogens is 492 g/mol. The van der Waals surface area contributed by atoms with Gasteiger partial charge in [0, 0.05) is 38.2 Å². The minimum Gasteiger partial charge on any atom is -0.481 e. The van der Waals surface area contributed by atoms with Gasteiger partial charge in [0.2, 0.25) is 15.9 Å². The van der Waals surface area contributed by atoms with Crippen LogP contribution in [0.5, 0.6) is 0 Å². The monoisotopic (exact) mass is 520 g/mol. The maximum Gasteiger partial charge on any atom is 0.311 e. The summed E-state index contributed by atoms with van der Waals surface area (Å²) in [5, 5.41) is 17.2. The Morgan fingerprint density at radius 1 is 0.865 bits per heavy atom. The van der Waals surface area contributed by atoms with Crippen LogP contribution in [0.1, 0.15) is 23.5 Å². The number of hydrogen-bond acceptors (Lipinski definition) is 5. The molecule has 1 fully saturated rings. The van der Waals surface area contributed by atoms with Crippen molar-refractivity contribution in [1.82, 2.24) is 9.21 Å². The summed E-state index contributed by atoms with van der Waals surface area (Å²) in [6.07, 6.45) is -0.248. The van der Waals surface area contributed by atoms with E-state index in [2.05, 4.69) is 0 Å². The second kappa shape index (κ2) is 10.9. The average Bonchev–Trinajstić information content (AvgIpc) is 2.92. The highest BCUT2D eigenvalue weighted by atomic mass is 32.2. The number of nitrogens with one attached hydrogen (secondary N) is 1. The zero-order chi connectivity index (χ0) is 26.6. The van der Waals surface area contributed by atoms with Crippen LogP contribution in [-0.2, 0) is 19.6 Å². The van der Waals surface area contributed by atoms with Crippen LogP contribution in [0.15, 0.2) is 83.8 Å². The van der Waals surface area contributed by atoms with Gasteiger partial charge in [-0.3, -0.25) is 15.0 Å². The van der Waals surface area contributed by atoms with E-state index in [1.165, 1.54) is 9.21 Å². The first kappa shape index (κ1) is 26.1. The van der Waals surface area contributed by atoms with Crippen LogP contribution in [0, 0.1) is 5.41 Å². The van der Waals surface area contributed by atoms with Gasteiger partial charge < -0.3 is 15.7 Å². The van der Waals surface area contributed by atoms with Crippen molar-refractivity contribution in [3.8, 4) is 11.1 Å². The van der Waals surface area contributed by atoms with E-state index in [1.807, 2.05) is 30.3 Å². The number of nitrogens with zero attached hydrogens (tertiary/aromatic N) is 2. The third-order valence-corrected chi connectivity index (χ3v) is 8.40. The Kier molecular flexibility index (Phi) is 7.70. The van der Waals surface area contributed by atoms with E-state index < -0.39 is 21.9 Å². The highest BCUT2D eigenvalue weighted by Gasteiger charge is 2.32. The normalized spacial score (nSPS) is 15.2. The maximum atomic E-state index is 13.2. The number of carboxylic acids is 1. The number of nitrogens with two attached hydrogens (primary N) is 1. The maximum absolute atomic E-state index is 13.2. The number of nitrogen functional groups attached to an aromatic ring is 1. The molecule has 3 aromatic carbocycles. The Morgan fingerprint density at radius 3 is 1.97 bits per heavy atom. The standard InChI is InChI=1S/C27H28N4O5S/c28-26(29)22-8-6-21(7-9-22)24(27(33)34)18-25(32)30-14-16-31(17-15-30)37(35,36)23-12-10-20(11-13-23)19-4-2-1-3-5-19/h1-13,24H,14-18H2,(H3,28,29)(H,33,34). The summed E-state index contributed by atoms with van der Waals surface area (Å²) in [5.41, 5.74) is 8.26. The summed E-state index contributed by atoms with van der Waals surface area (Å²) in [4.78, 5) is 26.5. The zero-order valence-corrected chi connectivity index (χ0v) is 20.9. The molecule has 192 valence electrons. The largest absolute Gasteiger partial charge is 0.481 e. The molecule has 37 heavy (non-hydrogen) atoms. The quantitative estimate of drug-likeness (QED) is 0.308. The number of amidine groups is 1. The lowest BCUT2D eigenvalue weighted by atomic mass is 9.94. The molecule has 3 aromatic rings. The van der Waals surface area contributed by atoms with E-state index in [9.17, 15) is 23.1 Å². The van der Waals surface area contributed by atoms with Gasteiger partial charge >= 0.3 is 5.97 Å². The lowest BCUT2D eigenvalue weighted by molar-refractivity contribution is -0.143. The van der Waals surface area contributed by atoms with Crippen molar-refractivity contribution < 1.29 is 23.1 Å². The van der Waals surface area contributed by atoms with Crippen molar-refractivity contribution in [3.05, 3.63) is 90.0 Å². The summed E-state index contributed by atoms with van der Waals surface area (Å²) in [6, 6.07) is 22.6. The topological polar surface area (TPSA) is 145 Å². The van der Waals surface area contributed by atoms with Crippen LogP contribution >= 0.6 is 0 Å². The van der Waals surface area contributed by atoms with Gasteiger partial charge in [-0.15, -0.1) is 0 Å². The van der Waals surface area contributed by atoms with Gasteiger partial charge in [-0.25, -0.2) is 8.42 Å². The van der Waals surface area contributed by atoms with Crippen molar-refractivity contribution in [1.29, 1.82) is 5.41 Å². The average molecular weight is 521 g/mol. The lowest BCUT2D eigenvalue weighted by Gasteiger charge is -2.34. The summed E-state index contributed by atoms with van der Waals surface area (Å²) in [6.45, 7) is 0.602. The van der Waals surface area contributed by atoms with Gasteiger partial charge in [0.1, 0.15) is 5.84 Å². The molecule has 1 unspecified atom stereocenters. The van der Waals surface area contributed by atoms with Crippen LogP contribution in [0.3, 0.4) is 0 Å². The summed E-state index contributed by atoms with van der Waals surface area (Å²) < 4.78 is 27.7. The van der Waals surface area contributed by atoms with Crippen molar-refractivity contribution in [3.63, 3.8) is 0 Å². The molecule has 0 spiro atoms. The Morgan fingerprint density at radius 2 is 1.43 bits per heavy atom. The smallest absolute Gasteiger partial charge is 0.311 e. The fourth-order valence-electron chi connectivity index (χ4n) is 4.32. The number of carbonyl (C=O) groups excluding carboxylic acids is 1. The van der Waals surface area contributed by atoms with Crippen LogP contribution in [0.25, 0.3) is 11.1 Å². The van der Waals surface area contributed by atoms with E-state index in [0.717, 1.165) is 11.1 Å². The molecule has 1 atom stereocenters. The van der Waals surface area contributed by atoms with E-state index in [0.29, 0.717) is 11.1 Å². The number of aliphatic carboxylic acids is 1. The first-order valence-electron chi connectivity index (χ1n) is 11.8. The molecule has 0 aliphatic carbocycles. The van der Waals surface area contributed by atoms with Crippen molar-refractivity contribution in [2.75, 3.05) is 26.2 Å². The Labute approximate surface area is 215 Å². The van der Waals surface area contributed by atoms with Gasteiger partial charge in [0.15, 0.2) is 0 Å². The highest BCUT2D eigenvalue weighted by Crippen LogP contribution is 2.25. The van der Waals surface area contributed by atoms with Crippen LogP contribution in [0.4, 0.5) is 0 Å². The predicted molar refractivity (Wildman–Crippen MR) is 140 cm³/mol. The Hall–Kier alpha value is -4.02. The minimum absolute atomic E-state index is 0.125. The van der Waals surface area contributed by atoms with Crippen molar-refractivity contribution in [2.24, 2.45) is 5.73 Å². The molecule has 0 radical (unpaired) electrons. The number of amides is 1. The van der Waals surface area contributed by atoms with E-state index >= 15 is 0 Å². The number of sulfonamides is 1. The van der Waals surface area contributed by atoms with Gasteiger partial charge in [-0.1, -0.05) is 66.7 Å². The molecule has 0 aromatic heterocycles. The fraction of sp³-hybridized carbons (Fsp3) is 0.222. The number of rotatable bonds is 8. The molecule has 1 heterocycles. The van der Waals surface area contributed by atoms with Gasteiger partial charge in [0.05, 0.1) is 10.8 Å². The number of carboxylic acid groups (broad SMARTS) is 1. The molecule has 4 rings (SSSR count). The zero-order valence-electron chi connectivity index (χ0n) is 20.1. The first-order chi connectivity index (χ1) is 17.7. The summed E-state index contributed by atoms with van der Waals surface area (Å²) in [7, 11) is -3.73. The molecule has 1 aliphatic heterocycles. The van der Waals surface area contributed by atoms with Gasteiger partial charge in [-0.2, -0.15) is 4.31 Å². The molecular formula is C27H28N4O5S. The Balaban J connectivity index is 1.38. The minimum atomic E-state index is -3.73. The number of benzene rings is 3. The highest BCUT2D eigenvalue weighted by molar-refractivity contribution is 7.89.